The zero-order valence-electron chi connectivity index (χ0n) is 14.9. The summed E-state index contributed by atoms with van der Waals surface area (Å²) in [5.41, 5.74) is -0.156. The molecule has 0 atom stereocenters. The number of benzene rings is 2. The molecule has 0 aliphatic heterocycles. The number of carbonyl (C=O) groups is 1. The minimum absolute atomic E-state index is 0.155. The second-order valence-electron chi connectivity index (χ2n) is 7.38. The van der Waals surface area contributed by atoms with Gasteiger partial charge in [-0.15, -0.1) is 0 Å². The van der Waals surface area contributed by atoms with Crippen LogP contribution >= 0.6 is 0 Å². The molecule has 0 unspecified atom stereocenters. The minimum Gasteiger partial charge on any atom is -0.503 e. The quantitative estimate of drug-likeness (QED) is 0.736. The third kappa shape index (κ3) is 2.99. The first-order valence-electron chi connectivity index (χ1n) is 9.15. The molecule has 0 radical (unpaired) electrons. The number of aromatic nitrogens is 1. The summed E-state index contributed by atoms with van der Waals surface area (Å²) >= 11 is 0. The van der Waals surface area contributed by atoms with E-state index in [-0.39, 0.29) is 5.41 Å². The van der Waals surface area contributed by atoms with Crippen LogP contribution in [0.5, 0.6) is 5.75 Å². The lowest BCUT2D eigenvalue weighted by Gasteiger charge is -2.32. The Bertz CT molecular complexity index is 1070. The van der Waals surface area contributed by atoms with Crippen molar-refractivity contribution >= 4 is 16.7 Å². The fraction of sp³-hybridized carbons (Fsp3) is 0.273. The van der Waals surface area contributed by atoms with Gasteiger partial charge in [0.2, 0.25) is 5.43 Å². The lowest BCUT2D eigenvalue weighted by atomic mass is 9.76. The van der Waals surface area contributed by atoms with Crippen LogP contribution in [0, 0.1) is 0 Å². The average molecular weight is 363 g/mol. The number of carboxylic acid groups (broad SMARTS) is 1. The van der Waals surface area contributed by atoms with Crippen molar-refractivity contribution in [2.75, 3.05) is 0 Å². The zero-order valence-corrected chi connectivity index (χ0v) is 14.9. The van der Waals surface area contributed by atoms with Gasteiger partial charge >= 0.3 is 5.97 Å². The summed E-state index contributed by atoms with van der Waals surface area (Å²) in [6.45, 7) is 0.523. The molecule has 27 heavy (non-hydrogen) atoms. The Morgan fingerprint density at radius 3 is 2.48 bits per heavy atom. The van der Waals surface area contributed by atoms with E-state index < -0.39 is 22.7 Å². The van der Waals surface area contributed by atoms with Gasteiger partial charge in [-0.1, -0.05) is 55.3 Å². The van der Waals surface area contributed by atoms with Crippen molar-refractivity contribution in [3.8, 4) is 5.75 Å². The van der Waals surface area contributed by atoms with E-state index in [1.165, 1.54) is 28.7 Å². The molecule has 0 spiro atoms. The van der Waals surface area contributed by atoms with Crippen LogP contribution in [0.4, 0.5) is 0 Å². The van der Waals surface area contributed by atoms with Crippen LogP contribution in [0.25, 0.3) is 10.8 Å². The predicted octanol–water partition coefficient (Wildman–Crippen LogP) is 3.92. The summed E-state index contributed by atoms with van der Waals surface area (Å²) in [6.07, 6.45) is 6.85. The lowest BCUT2D eigenvalue weighted by Crippen LogP contribution is -2.30. The number of aromatic carboxylic acids is 1. The third-order valence-corrected chi connectivity index (χ3v) is 5.70. The van der Waals surface area contributed by atoms with E-state index >= 15 is 0 Å². The second kappa shape index (κ2) is 6.58. The number of aromatic hydroxyl groups is 1. The topological polar surface area (TPSA) is 79.5 Å². The Morgan fingerprint density at radius 2 is 1.74 bits per heavy atom. The van der Waals surface area contributed by atoms with Crippen LogP contribution in [0.3, 0.4) is 0 Å². The highest BCUT2D eigenvalue weighted by molar-refractivity contribution is 5.88. The van der Waals surface area contributed by atoms with Crippen molar-refractivity contribution in [3.05, 3.63) is 76.2 Å². The van der Waals surface area contributed by atoms with E-state index in [4.69, 9.17) is 0 Å². The molecule has 5 heteroatoms. The highest BCUT2D eigenvalue weighted by Crippen LogP contribution is 2.45. The van der Waals surface area contributed by atoms with Gasteiger partial charge < -0.3 is 14.8 Å². The molecule has 5 nitrogen and oxygen atoms in total. The van der Waals surface area contributed by atoms with Gasteiger partial charge in [0.25, 0.3) is 0 Å². The van der Waals surface area contributed by atoms with Crippen LogP contribution in [-0.2, 0) is 12.0 Å². The van der Waals surface area contributed by atoms with Gasteiger partial charge in [-0.2, -0.15) is 0 Å². The number of fused-ring (bicyclic) bond motifs is 1. The molecule has 2 N–H and O–H groups in total. The van der Waals surface area contributed by atoms with Gasteiger partial charge in [0.1, 0.15) is 5.56 Å². The Morgan fingerprint density at radius 1 is 1.04 bits per heavy atom. The van der Waals surface area contributed by atoms with Crippen molar-refractivity contribution in [3.63, 3.8) is 0 Å². The molecule has 1 aliphatic rings. The standard InChI is InChI=1S/C22H21NO4/c24-19-13-23(12-17(20(19)25)21(26)27)14-22(10-3-4-11-22)18-9-5-7-15-6-1-2-8-16(15)18/h1-2,5-9,12-13,24H,3-4,10-11,14H2,(H,26,27). The maximum Gasteiger partial charge on any atom is 0.341 e. The highest BCUT2D eigenvalue weighted by Gasteiger charge is 2.37. The molecular weight excluding hydrogens is 342 g/mol. The first kappa shape index (κ1) is 17.3. The smallest absolute Gasteiger partial charge is 0.341 e. The Labute approximate surface area is 156 Å². The van der Waals surface area contributed by atoms with Crippen molar-refractivity contribution in [2.45, 2.75) is 37.6 Å². The molecule has 1 fully saturated rings. The number of hydrogen-bond acceptors (Lipinski definition) is 3. The Kier molecular flexibility index (Phi) is 4.22. The minimum atomic E-state index is -1.32. The Balaban J connectivity index is 1.85. The molecule has 0 bridgehead atoms. The largest absolute Gasteiger partial charge is 0.503 e. The third-order valence-electron chi connectivity index (χ3n) is 5.70. The number of pyridine rings is 1. The summed E-state index contributed by atoms with van der Waals surface area (Å²) in [4.78, 5) is 23.2. The maximum atomic E-state index is 11.9. The molecule has 2 aromatic carbocycles. The lowest BCUT2D eigenvalue weighted by molar-refractivity contribution is 0.0693. The van der Waals surface area contributed by atoms with E-state index in [1.807, 2.05) is 12.1 Å². The monoisotopic (exact) mass is 363 g/mol. The summed E-state index contributed by atoms with van der Waals surface area (Å²) < 4.78 is 1.66. The molecular formula is C22H21NO4. The fourth-order valence-electron chi connectivity index (χ4n) is 4.46. The van der Waals surface area contributed by atoms with Crippen LogP contribution in [-0.4, -0.2) is 20.7 Å². The molecule has 1 aliphatic carbocycles. The summed E-state index contributed by atoms with van der Waals surface area (Å²) in [7, 11) is 0. The van der Waals surface area contributed by atoms with Gasteiger partial charge in [-0.3, -0.25) is 4.79 Å². The van der Waals surface area contributed by atoms with Crippen molar-refractivity contribution < 1.29 is 15.0 Å². The van der Waals surface area contributed by atoms with E-state index in [0.717, 1.165) is 25.7 Å². The molecule has 4 rings (SSSR count). The van der Waals surface area contributed by atoms with Crippen LogP contribution in [0.15, 0.2) is 59.7 Å². The van der Waals surface area contributed by atoms with E-state index in [9.17, 15) is 19.8 Å². The van der Waals surface area contributed by atoms with Crippen LogP contribution in [0.1, 0.15) is 41.6 Å². The van der Waals surface area contributed by atoms with Gasteiger partial charge in [-0.05, 0) is 29.2 Å². The van der Waals surface area contributed by atoms with Crippen molar-refractivity contribution in [1.82, 2.24) is 4.57 Å². The SMILES string of the molecule is O=C(O)c1cn(CC2(c3cccc4ccccc34)CCCC2)cc(O)c1=O. The summed E-state index contributed by atoms with van der Waals surface area (Å²) in [5, 5.41) is 21.6. The molecule has 1 aromatic heterocycles. The van der Waals surface area contributed by atoms with Gasteiger partial charge in [0.15, 0.2) is 5.75 Å². The molecule has 1 saturated carbocycles. The normalized spacial score (nSPS) is 15.9. The second-order valence-corrected chi connectivity index (χ2v) is 7.38. The molecule has 0 saturated heterocycles. The van der Waals surface area contributed by atoms with Crippen molar-refractivity contribution in [2.24, 2.45) is 0 Å². The number of nitrogens with zero attached hydrogens (tertiary/aromatic N) is 1. The van der Waals surface area contributed by atoms with Crippen LogP contribution in [0.2, 0.25) is 0 Å². The molecule has 1 heterocycles. The average Bonchev–Trinajstić information content (AvgIpc) is 3.13. The fourth-order valence-corrected chi connectivity index (χ4v) is 4.46. The van der Waals surface area contributed by atoms with E-state index in [1.54, 1.807) is 4.57 Å². The van der Waals surface area contributed by atoms with E-state index in [0.29, 0.717) is 6.54 Å². The zero-order chi connectivity index (χ0) is 19.0. The van der Waals surface area contributed by atoms with Crippen molar-refractivity contribution in [1.29, 1.82) is 0 Å². The number of hydrogen-bond donors (Lipinski definition) is 2. The molecule has 3 aromatic rings. The molecule has 0 amide bonds. The van der Waals surface area contributed by atoms with Gasteiger partial charge in [-0.25, -0.2) is 4.79 Å². The van der Waals surface area contributed by atoms with Crippen LogP contribution < -0.4 is 5.43 Å². The number of carboxylic acids is 1. The molecule has 138 valence electrons. The Hall–Kier alpha value is -3.08. The predicted molar refractivity (Wildman–Crippen MR) is 103 cm³/mol. The first-order chi connectivity index (χ1) is 13.0. The summed E-state index contributed by atoms with van der Waals surface area (Å²) in [6, 6.07) is 14.6. The maximum absolute atomic E-state index is 11.9. The summed E-state index contributed by atoms with van der Waals surface area (Å²) in [5.74, 6) is -1.85. The van der Waals surface area contributed by atoms with Gasteiger partial charge in [0.05, 0.1) is 0 Å². The first-order valence-corrected chi connectivity index (χ1v) is 9.15. The van der Waals surface area contributed by atoms with E-state index in [2.05, 4.69) is 30.3 Å². The number of rotatable bonds is 4. The van der Waals surface area contributed by atoms with Gasteiger partial charge in [0, 0.05) is 24.4 Å². The highest BCUT2D eigenvalue weighted by atomic mass is 16.4.